The molecule has 1 heterocycles. The molecule has 20 heavy (non-hydrogen) atoms. The van der Waals surface area contributed by atoms with Crippen molar-refractivity contribution in [2.24, 2.45) is 5.92 Å². The van der Waals surface area contributed by atoms with Gasteiger partial charge in [0, 0.05) is 26.7 Å². The predicted molar refractivity (Wildman–Crippen MR) is 64.9 cm³/mol. The molecule has 8 heteroatoms. The van der Waals surface area contributed by atoms with E-state index in [9.17, 15) is 22.8 Å². The Morgan fingerprint density at radius 2 is 1.90 bits per heavy atom. The third kappa shape index (κ3) is 5.36. The molecule has 1 aliphatic rings. The van der Waals surface area contributed by atoms with Crippen LogP contribution in [0.1, 0.15) is 19.3 Å². The standard InChI is InChI=1S/C12H19F3N2O3/c1-20-7-4-10(18)17-5-2-9(3-6-17)8-16-11(19)12(13,14)15/h9H,2-8H2,1H3,(H,16,19). The highest BCUT2D eigenvalue weighted by atomic mass is 19.4. The normalized spacial score (nSPS) is 17.1. The van der Waals surface area contributed by atoms with Crippen LogP contribution < -0.4 is 5.32 Å². The lowest BCUT2D eigenvalue weighted by Crippen LogP contribution is -2.44. The Morgan fingerprint density at radius 3 is 2.40 bits per heavy atom. The maximum atomic E-state index is 12.0. The van der Waals surface area contributed by atoms with Gasteiger partial charge < -0.3 is 15.0 Å². The number of carbonyl (C=O) groups is 2. The highest BCUT2D eigenvalue weighted by Gasteiger charge is 2.38. The van der Waals surface area contributed by atoms with Crippen LogP contribution >= 0.6 is 0 Å². The van der Waals surface area contributed by atoms with E-state index in [4.69, 9.17) is 4.74 Å². The number of methoxy groups -OCH3 is 1. The fourth-order valence-corrected chi connectivity index (χ4v) is 2.07. The summed E-state index contributed by atoms with van der Waals surface area (Å²) in [5.74, 6) is -1.94. The Morgan fingerprint density at radius 1 is 1.30 bits per heavy atom. The molecule has 2 amide bonds. The van der Waals surface area contributed by atoms with Crippen LogP contribution in [0.5, 0.6) is 0 Å². The zero-order valence-corrected chi connectivity index (χ0v) is 11.3. The van der Waals surface area contributed by atoms with Gasteiger partial charge in [-0.15, -0.1) is 0 Å². The summed E-state index contributed by atoms with van der Waals surface area (Å²) in [4.78, 5) is 24.1. The van der Waals surface area contributed by atoms with Gasteiger partial charge in [-0.25, -0.2) is 0 Å². The number of nitrogens with zero attached hydrogens (tertiary/aromatic N) is 1. The Balaban J connectivity index is 2.25. The van der Waals surface area contributed by atoms with Crippen molar-refractivity contribution in [3.05, 3.63) is 0 Å². The summed E-state index contributed by atoms with van der Waals surface area (Å²) in [5.41, 5.74) is 0. The van der Waals surface area contributed by atoms with Gasteiger partial charge in [-0.3, -0.25) is 9.59 Å². The SMILES string of the molecule is COCCC(=O)N1CCC(CNC(=O)C(F)(F)F)CC1. The zero-order valence-electron chi connectivity index (χ0n) is 11.3. The second-order valence-electron chi connectivity index (χ2n) is 4.77. The van der Waals surface area contributed by atoms with Gasteiger partial charge in [0.1, 0.15) is 0 Å². The first-order chi connectivity index (χ1) is 9.34. The average molecular weight is 296 g/mol. The number of likely N-dealkylation sites (tertiary alicyclic amines) is 1. The highest BCUT2D eigenvalue weighted by molar-refractivity contribution is 5.81. The molecule has 1 rings (SSSR count). The zero-order chi connectivity index (χ0) is 15.2. The van der Waals surface area contributed by atoms with Crippen molar-refractivity contribution in [1.29, 1.82) is 0 Å². The van der Waals surface area contributed by atoms with Crippen molar-refractivity contribution >= 4 is 11.8 Å². The molecule has 0 radical (unpaired) electrons. The van der Waals surface area contributed by atoms with E-state index in [1.165, 1.54) is 7.11 Å². The first kappa shape index (κ1) is 16.7. The van der Waals surface area contributed by atoms with E-state index in [0.717, 1.165) is 0 Å². The van der Waals surface area contributed by atoms with Crippen LogP contribution in [0.4, 0.5) is 13.2 Å². The molecule has 0 aliphatic carbocycles. The summed E-state index contributed by atoms with van der Waals surface area (Å²) < 4.78 is 40.9. The minimum Gasteiger partial charge on any atom is -0.384 e. The lowest BCUT2D eigenvalue weighted by Gasteiger charge is -2.32. The minimum atomic E-state index is -4.84. The molecule has 5 nitrogen and oxygen atoms in total. The van der Waals surface area contributed by atoms with Gasteiger partial charge in [-0.1, -0.05) is 0 Å². The number of hydrogen-bond donors (Lipinski definition) is 1. The van der Waals surface area contributed by atoms with Crippen molar-refractivity contribution < 1.29 is 27.5 Å². The topological polar surface area (TPSA) is 58.6 Å². The molecule has 0 bridgehead atoms. The lowest BCUT2D eigenvalue weighted by atomic mass is 9.96. The van der Waals surface area contributed by atoms with Crippen molar-refractivity contribution in [1.82, 2.24) is 10.2 Å². The molecule has 1 fully saturated rings. The van der Waals surface area contributed by atoms with Gasteiger partial charge in [-0.05, 0) is 18.8 Å². The number of ether oxygens (including phenoxy) is 1. The minimum absolute atomic E-state index is 0.00154. The summed E-state index contributed by atoms with van der Waals surface area (Å²) in [7, 11) is 1.52. The maximum absolute atomic E-state index is 12.0. The monoisotopic (exact) mass is 296 g/mol. The number of rotatable bonds is 5. The molecule has 0 aromatic heterocycles. The number of hydrogen-bond acceptors (Lipinski definition) is 3. The third-order valence-corrected chi connectivity index (χ3v) is 3.30. The van der Waals surface area contributed by atoms with Crippen molar-refractivity contribution in [3.63, 3.8) is 0 Å². The summed E-state index contributed by atoms with van der Waals surface area (Å²) in [6.07, 6.45) is -3.34. The van der Waals surface area contributed by atoms with Gasteiger partial charge in [-0.2, -0.15) is 13.2 Å². The van der Waals surface area contributed by atoms with Crippen LogP contribution in [0.15, 0.2) is 0 Å². The molecule has 1 N–H and O–H groups in total. The molecule has 0 spiro atoms. The number of nitrogens with one attached hydrogen (secondary N) is 1. The van der Waals surface area contributed by atoms with Gasteiger partial charge in [0.15, 0.2) is 0 Å². The Kier molecular flexibility index (Phi) is 6.25. The van der Waals surface area contributed by atoms with Gasteiger partial charge in [0.05, 0.1) is 13.0 Å². The summed E-state index contributed by atoms with van der Waals surface area (Å²) in [5, 5.41) is 1.88. The Labute approximate surface area is 115 Å². The highest BCUT2D eigenvalue weighted by Crippen LogP contribution is 2.18. The fourth-order valence-electron chi connectivity index (χ4n) is 2.07. The summed E-state index contributed by atoms with van der Waals surface area (Å²) >= 11 is 0. The summed E-state index contributed by atoms with van der Waals surface area (Å²) in [6.45, 7) is 1.38. The number of alkyl halides is 3. The molecule has 0 saturated carbocycles. The van der Waals surface area contributed by atoms with E-state index in [1.54, 1.807) is 4.90 Å². The van der Waals surface area contributed by atoms with Gasteiger partial charge in [0.25, 0.3) is 0 Å². The van der Waals surface area contributed by atoms with Gasteiger partial charge in [0.2, 0.25) is 5.91 Å². The molecule has 0 aromatic carbocycles. The van der Waals surface area contributed by atoms with Crippen LogP contribution in [-0.4, -0.2) is 56.2 Å². The second-order valence-corrected chi connectivity index (χ2v) is 4.77. The number of halogens is 3. The van der Waals surface area contributed by atoms with E-state index >= 15 is 0 Å². The Hall–Kier alpha value is -1.31. The van der Waals surface area contributed by atoms with Crippen LogP contribution in [0, 0.1) is 5.92 Å². The van der Waals surface area contributed by atoms with Crippen molar-refractivity contribution in [3.8, 4) is 0 Å². The van der Waals surface area contributed by atoms with Crippen LogP contribution in [-0.2, 0) is 14.3 Å². The van der Waals surface area contributed by atoms with E-state index in [0.29, 0.717) is 39.0 Å². The predicted octanol–water partition coefficient (Wildman–Crippen LogP) is 0.940. The third-order valence-electron chi connectivity index (χ3n) is 3.30. The van der Waals surface area contributed by atoms with Crippen LogP contribution in [0.3, 0.4) is 0 Å². The molecular weight excluding hydrogens is 277 g/mol. The largest absolute Gasteiger partial charge is 0.471 e. The number of piperidine rings is 1. The van der Waals surface area contributed by atoms with E-state index in [-0.39, 0.29) is 18.4 Å². The molecule has 0 aromatic rings. The lowest BCUT2D eigenvalue weighted by molar-refractivity contribution is -0.173. The van der Waals surface area contributed by atoms with E-state index in [1.807, 2.05) is 5.32 Å². The number of amides is 2. The molecule has 1 saturated heterocycles. The van der Waals surface area contributed by atoms with E-state index < -0.39 is 12.1 Å². The first-order valence-electron chi connectivity index (χ1n) is 6.46. The number of carbonyl (C=O) groups excluding carboxylic acids is 2. The fraction of sp³-hybridized carbons (Fsp3) is 0.833. The molecule has 0 atom stereocenters. The Bertz CT molecular complexity index is 339. The van der Waals surface area contributed by atoms with Crippen molar-refractivity contribution in [2.75, 3.05) is 33.4 Å². The average Bonchev–Trinajstić information content (AvgIpc) is 2.41. The maximum Gasteiger partial charge on any atom is 0.471 e. The summed E-state index contributed by atoms with van der Waals surface area (Å²) in [6, 6.07) is 0. The second kappa shape index (κ2) is 7.47. The van der Waals surface area contributed by atoms with E-state index in [2.05, 4.69) is 0 Å². The van der Waals surface area contributed by atoms with Crippen LogP contribution in [0.25, 0.3) is 0 Å². The van der Waals surface area contributed by atoms with Gasteiger partial charge >= 0.3 is 12.1 Å². The molecule has 0 unspecified atom stereocenters. The quantitative estimate of drug-likeness (QED) is 0.821. The van der Waals surface area contributed by atoms with Crippen molar-refractivity contribution in [2.45, 2.75) is 25.4 Å². The molecular formula is C12H19F3N2O3. The first-order valence-corrected chi connectivity index (χ1v) is 6.46. The molecule has 116 valence electrons. The smallest absolute Gasteiger partial charge is 0.384 e. The molecule has 1 aliphatic heterocycles. The van der Waals surface area contributed by atoms with Crippen LogP contribution in [0.2, 0.25) is 0 Å².